The first-order valence-corrected chi connectivity index (χ1v) is 7.92. The average molecular weight is 321 g/mol. The van der Waals surface area contributed by atoms with Gasteiger partial charge in [-0.3, -0.25) is 9.59 Å². The highest BCUT2D eigenvalue weighted by molar-refractivity contribution is 6.31. The predicted octanol–water partition coefficient (Wildman–Crippen LogP) is 1.82. The molecule has 0 unspecified atom stereocenters. The Bertz CT molecular complexity index is 677. The number of rotatable bonds is 1. The Hall–Kier alpha value is -1.59. The zero-order valence-electron chi connectivity index (χ0n) is 12.3. The molecule has 116 valence electrons. The lowest BCUT2D eigenvalue weighted by atomic mass is 10.1. The maximum atomic E-state index is 12.8. The fourth-order valence-electron chi connectivity index (χ4n) is 3.93. The van der Waals surface area contributed by atoms with Crippen LogP contribution in [0.5, 0.6) is 0 Å². The van der Waals surface area contributed by atoms with Crippen LogP contribution in [0.4, 0.5) is 0 Å². The molecule has 0 N–H and O–H groups in total. The van der Waals surface area contributed by atoms with Crippen molar-refractivity contribution < 1.29 is 14.3 Å². The van der Waals surface area contributed by atoms with E-state index in [0.29, 0.717) is 43.1 Å². The molecule has 3 aliphatic heterocycles. The summed E-state index contributed by atoms with van der Waals surface area (Å²) in [5.41, 5.74) is 0.926. The monoisotopic (exact) mass is 320 g/mol. The molecule has 2 atom stereocenters. The third-order valence-electron chi connectivity index (χ3n) is 5.08. The number of aryl methyl sites for hydroxylation is 1. The predicted molar refractivity (Wildman–Crippen MR) is 80.6 cm³/mol. The zero-order valence-corrected chi connectivity index (χ0v) is 13.1. The van der Waals surface area contributed by atoms with Gasteiger partial charge in [0.05, 0.1) is 19.1 Å². The van der Waals surface area contributed by atoms with Gasteiger partial charge in [0.25, 0.3) is 5.91 Å². The van der Waals surface area contributed by atoms with Gasteiger partial charge in [-0.2, -0.15) is 0 Å². The number of carbonyl (C=O) groups is 2. The second kappa shape index (κ2) is 4.70. The van der Waals surface area contributed by atoms with Crippen LogP contribution >= 0.6 is 11.6 Å². The van der Waals surface area contributed by atoms with Crippen molar-refractivity contribution in [1.82, 2.24) is 9.80 Å². The lowest BCUT2D eigenvalue weighted by molar-refractivity contribution is -0.136. The Balaban J connectivity index is 1.65. The number of ether oxygens (including phenoxy) is 1. The summed E-state index contributed by atoms with van der Waals surface area (Å²) in [6.07, 6.45) is 1.04. The van der Waals surface area contributed by atoms with Crippen LogP contribution in [0.3, 0.4) is 0 Å². The molecule has 4 rings (SSSR count). The minimum atomic E-state index is -0.582. The van der Waals surface area contributed by atoms with Gasteiger partial charge in [-0.25, -0.2) is 0 Å². The van der Waals surface area contributed by atoms with E-state index in [0.717, 1.165) is 5.56 Å². The van der Waals surface area contributed by atoms with Gasteiger partial charge in [0, 0.05) is 30.1 Å². The SMILES string of the molecule is Cc1ccc(C(=O)N2CC[C@@]34OCCN3C(=O)C[C@@H]24)cc1Cl. The van der Waals surface area contributed by atoms with Gasteiger partial charge in [0.1, 0.15) is 0 Å². The van der Waals surface area contributed by atoms with Crippen LogP contribution in [0.15, 0.2) is 18.2 Å². The summed E-state index contributed by atoms with van der Waals surface area (Å²) >= 11 is 6.13. The van der Waals surface area contributed by atoms with E-state index >= 15 is 0 Å². The summed E-state index contributed by atoms with van der Waals surface area (Å²) in [7, 11) is 0. The van der Waals surface area contributed by atoms with Crippen LogP contribution in [0.2, 0.25) is 5.02 Å². The van der Waals surface area contributed by atoms with Gasteiger partial charge in [-0.05, 0) is 24.6 Å². The van der Waals surface area contributed by atoms with Crippen molar-refractivity contribution in [2.45, 2.75) is 31.5 Å². The van der Waals surface area contributed by atoms with Crippen LogP contribution in [-0.4, -0.2) is 53.1 Å². The summed E-state index contributed by atoms with van der Waals surface area (Å²) in [6.45, 7) is 3.70. The number of hydrogen-bond acceptors (Lipinski definition) is 3. The molecule has 0 saturated carbocycles. The van der Waals surface area contributed by atoms with E-state index < -0.39 is 5.72 Å². The van der Waals surface area contributed by atoms with E-state index in [1.807, 2.05) is 17.9 Å². The molecule has 0 aromatic heterocycles. The van der Waals surface area contributed by atoms with Gasteiger partial charge >= 0.3 is 0 Å². The minimum absolute atomic E-state index is 0.0751. The normalized spacial score (nSPS) is 29.9. The van der Waals surface area contributed by atoms with E-state index in [2.05, 4.69) is 0 Å². The largest absolute Gasteiger partial charge is 0.351 e. The van der Waals surface area contributed by atoms with Gasteiger partial charge in [-0.15, -0.1) is 0 Å². The van der Waals surface area contributed by atoms with Crippen molar-refractivity contribution in [3.8, 4) is 0 Å². The quantitative estimate of drug-likeness (QED) is 0.793. The molecule has 1 spiro atoms. The smallest absolute Gasteiger partial charge is 0.254 e. The molecule has 3 heterocycles. The number of amides is 2. The summed E-state index contributed by atoms with van der Waals surface area (Å²) < 4.78 is 5.90. The molecular formula is C16H17ClN2O3. The molecule has 0 radical (unpaired) electrons. The highest BCUT2D eigenvalue weighted by atomic mass is 35.5. The van der Waals surface area contributed by atoms with Crippen molar-refractivity contribution >= 4 is 23.4 Å². The Morgan fingerprint density at radius 1 is 1.41 bits per heavy atom. The third-order valence-corrected chi connectivity index (χ3v) is 5.49. The Kier molecular flexibility index (Phi) is 3.00. The topological polar surface area (TPSA) is 49.9 Å². The molecule has 0 aliphatic carbocycles. The van der Waals surface area contributed by atoms with Gasteiger partial charge in [-0.1, -0.05) is 17.7 Å². The minimum Gasteiger partial charge on any atom is -0.351 e. The molecule has 1 aromatic rings. The number of nitrogens with zero attached hydrogens (tertiary/aromatic N) is 2. The van der Waals surface area contributed by atoms with Crippen molar-refractivity contribution in [1.29, 1.82) is 0 Å². The Labute approximate surface area is 133 Å². The second-order valence-electron chi connectivity index (χ2n) is 6.17. The number of carbonyl (C=O) groups excluding carboxylic acids is 2. The summed E-state index contributed by atoms with van der Waals surface area (Å²) in [6, 6.07) is 5.15. The van der Waals surface area contributed by atoms with Crippen molar-refractivity contribution in [3.63, 3.8) is 0 Å². The van der Waals surface area contributed by atoms with Crippen molar-refractivity contribution in [2.24, 2.45) is 0 Å². The maximum Gasteiger partial charge on any atom is 0.254 e. The molecule has 0 bridgehead atoms. The zero-order chi connectivity index (χ0) is 15.5. The second-order valence-corrected chi connectivity index (χ2v) is 6.58. The average Bonchev–Trinajstić information content (AvgIpc) is 3.13. The first-order chi connectivity index (χ1) is 10.5. The van der Waals surface area contributed by atoms with Crippen LogP contribution in [0.1, 0.15) is 28.8 Å². The summed E-state index contributed by atoms with van der Waals surface area (Å²) in [5.74, 6) is 0.0101. The number of halogens is 1. The first kappa shape index (κ1) is 14.0. The van der Waals surface area contributed by atoms with Crippen molar-refractivity contribution in [2.75, 3.05) is 19.7 Å². The molecule has 6 heteroatoms. The van der Waals surface area contributed by atoms with E-state index in [1.165, 1.54) is 0 Å². The van der Waals surface area contributed by atoms with Crippen LogP contribution in [0.25, 0.3) is 0 Å². The Morgan fingerprint density at radius 3 is 3.00 bits per heavy atom. The molecule has 1 aromatic carbocycles. The van der Waals surface area contributed by atoms with Gasteiger partial charge in [0.2, 0.25) is 5.91 Å². The van der Waals surface area contributed by atoms with Gasteiger partial charge in [0.15, 0.2) is 5.72 Å². The van der Waals surface area contributed by atoms with E-state index in [9.17, 15) is 9.59 Å². The number of hydrogen-bond donors (Lipinski definition) is 0. The fourth-order valence-corrected chi connectivity index (χ4v) is 4.11. The molecule has 5 nitrogen and oxygen atoms in total. The molecular weight excluding hydrogens is 304 g/mol. The highest BCUT2D eigenvalue weighted by Gasteiger charge is 2.62. The lowest BCUT2D eigenvalue weighted by Crippen LogP contribution is -2.48. The van der Waals surface area contributed by atoms with E-state index in [4.69, 9.17) is 16.3 Å². The number of likely N-dealkylation sites (tertiary alicyclic amines) is 1. The van der Waals surface area contributed by atoms with Crippen LogP contribution in [0, 0.1) is 6.92 Å². The summed E-state index contributed by atoms with van der Waals surface area (Å²) in [4.78, 5) is 28.6. The standard InChI is InChI=1S/C16H17ClN2O3/c1-10-2-3-11(8-12(10)17)15(21)18-5-4-16-13(18)9-14(20)19(16)6-7-22-16/h2-3,8,13H,4-7,9H2,1H3/t13-,16+/m1/s1. The molecule has 3 aliphatic rings. The Morgan fingerprint density at radius 2 is 2.23 bits per heavy atom. The van der Waals surface area contributed by atoms with E-state index in [-0.39, 0.29) is 17.9 Å². The lowest BCUT2D eigenvalue weighted by Gasteiger charge is -2.31. The first-order valence-electron chi connectivity index (χ1n) is 7.54. The highest BCUT2D eigenvalue weighted by Crippen LogP contribution is 2.45. The third kappa shape index (κ3) is 1.75. The van der Waals surface area contributed by atoms with Crippen LogP contribution in [-0.2, 0) is 9.53 Å². The fraction of sp³-hybridized carbons (Fsp3) is 0.500. The maximum absolute atomic E-state index is 12.8. The molecule has 2 amide bonds. The van der Waals surface area contributed by atoms with Crippen LogP contribution < -0.4 is 0 Å². The van der Waals surface area contributed by atoms with Crippen molar-refractivity contribution in [3.05, 3.63) is 34.3 Å². The molecule has 3 fully saturated rings. The molecule has 3 saturated heterocycles. The number of benzene rings is 1. The van der Waals surface area contributed by atoms with E-state index in [1.54, 1.807) is 17.0 Å². The van der Waals surface area contributed by atoms with Gasteiger partial charge < -0.3 is 14.5 Å². The molecule has 22 heavy (non-hydrogen) atoms. The summed E-state index contributed by atoms with van der Waals surface area (Å²) in [5, 5.41) is 0.584.